The van der Waals surface area contributed by atoms with Crippen molar-refractivity contribution in [3.63, 3.8) is 0 Å². The zero-order valence-electron chi connectivity index (χ0n) is 6.94. The summed E-state index contributed by atoms with van der Waals surface area (Å²) in [6.45, 7) is 0. The molecular weight excluding hydrogens is 170 g/mol. The van der Waals surface area contributed by atoms with E-state index in [1.807, 2.05) is 11.7 Å². The van der Waals surface area contributed by atoms with Crippen molar-refractivity contribution < 1.29 is 5.11 Å². The zero-order chi connectivity index (χ0) is 8.39. The van der Waals surface area contributed by atoms with Crippen molar-refractivity contribution in [2.75, 3.05) is 0 Å². The monoisotopic (exact) mass is 183 g/mol. The molecule has 0 saturated heterocycles. The number of hydrogen-bond acceptors (Lipinski definition) is 3. The summed E-state index contributed by atoms with van der Waals surface area (Å²) in [7, 11) is 0. The Morgan fingerprint density at radius 1 is 1.67 bits per heavy atom. The van der Waals surface area contributed by atoms with Gasteiger partial charge in [-0.3, -0.25) is 4.98 Å². The predicted molar refractivity (Wildman–Crippen MR) is 49.2 cm³/mol. The van der Waals surface area contributed by atoms with E-state index in [4.69, 9.17) is 0 Å². The van der Waals surface area contributed by atoms with Gasteiger partial charge in [0.15, 0.2) is 0 Å². The highest BCUT2D eigenvalue weighted by Crippen LogP contribution is 2.31. The molecule has 0 aliphatic heterocycles. The first-order valence-electron chi connectivity index (χ1n) is 4.41. The zero-order valence-corrected chi connectivity index (χ0v) is 7.76. The van der Waals surface area contributed by atoms with Crippen molar-refractivity contribution >= 4 is 11.3 Å². The van der Waals surface area contributed by atoms with Crippen LogP contribution in [0.25, 0.3) is 0 Å². The third-order valence-electron chi connectivity index (χ3n) is 2.59. The SMILES string of the molecule is OC(Cc1cncs1)C1CCC1. The summed E-state index contributed by atoms with van der Waals surface area (Å²) in [6, 6.07) is 0. The molecule has 1 aromatic heterocycles. The van der Waals surface area contributed by atoms with Crippen LogP contribution >= 0.6 is 11.3 Å². The number of aliphatic hydroxyl groups is 1. The number of rotatable bonds is 3. The first-order valence-corrected chi connectivity index (χ1v) is 5.29. The average Bonchev–Trinajstić information content (AvgIpc) is 2.34. The minimum atomic E-state index is -0.126. The molecule has 0 bridgehead atoms. The van der Waals surface area contributed by atoms with Gasteiger partial charge in [-0.1, -0.05) is 6.42 Å². The second kappa shape index (κ2) is 3.54. The van der Waals surface area contributed by atoms with Crippen LogP contribution in [0.4, 0.5) is 0 Å². The quantitative estimate of drug-likeness (QED) is 0.775. The van der Waals surface area contributed by atoms with Crippen molar-refractivity contribution in [1.82, 2.24) is 4.98 Å². The summed E-state index contributed by atoms with van der Waals surface area (Å²) in [4.78, 5) is 5.19. The van der Waals surface area contributed by atoms with E-state index in [1.165, 1.54) is 24.1 Å². The van der Waals surface area contributed by atoms with Gasteiger partial charge in [-0.2, -0.15) is 0 Å². The highest BCUT2D eigenvalue weighted by molar-refractivity contribution is 7.09. The van der Waals surface area contributed by atoms with Crippen molar-refractivity contribution in [3.05, 3.63) is 16.6 Å². The van der Waals surface area contributed by atoms with Gasteiger partial charge in [0.25, 0.3) is 0 Å². The van der Waals surface area contributed by atoms with E-state index in [0.717, 1.165) is 6.42 Å². The van der Waals surface area contributed by atoms with Crippen LogP contribution in [0.15, 0.2) is 11.7 Å². The standard InChI is InChI=1S/C9H13NOS/c11-9(7-2-1-3-7)4-8-5-10-6-12-8/h5-7,9,11H,1-4H2. The Hall–Kier alpha value is -0.410. The first-order chi connectivity index (χ1) is 5.86. The molecule has 1 atom stereocenters. The summed E-state index contributed by atoms with van der Waals surface area (Å²) < 4.78 is 0. The maximum absolute atomic E-state index is 9.72. The van der Waals surface area contributed by atoms with Crippen LogP contribution in [0.2, 0.25) is 0 Å². The lowest BCUT2D eigenvalue weighted by atomic mass is 9.80. The van der Waals surface area contributed by atoms with Crippen LogP contribution in [0, 0.1) is 5.92 Å². The number of aliphatic hydroxyl groups excluding tert-OH is 1. The van der Waals surface area contributed by atoms with Crippen LogP contribution in [-0.4, -0.2) is 16.2 Å². The van der Waals surface area contributed by atoms with Gasteiger partial charge in [-0.05, 0) is 18.8 Å². The van der Waals surface area contributed by atoms with Crippen molar-refractivity contribution in [3.8, 4) is 0 Å². The van der Waals surface area contributed by atoms with Gasteiger partial charge in [0.2, 0.25) is 0 Å². The molecule has 0 aromatic carbocycles. The van der Waals surface area contributed by atoms with Crippen LogP contribution in [0.3, 0.4) is 0 Å². The Labute approximate surface area is 76.3 Å². The van der Waals surface area contributed by atoms with E-state index < -0.39 is 0 Å². The summed E-state index contributed by atoms with van der Waals surface area (Å²) in [6.07, 6.45) is 6.24. The molecule has 2 nitrogen and oxygen atoms in total. The van der Waals surface area contributed by atoms with E-state index >= 15 is 0 Å². The van der Waals surface area contributed by atoms with Crippen LogP contribution in [-0.2, 0) is 6.42 Å². The van der Waals surface area contributed by atoms with Crippen molar-refractivity contribution in [2.45, 2.75) is 31.8 Å². The summed E-state index contributed by atoms with van der Waals surface area (Å²) in [5, 5.41) is 9.72. The fraction of sp³-hybridized carbons (Fsp3) is 0.667. The molecule has 1 saturated carbocycles. The van der Waals surface area contributed by atoms with Gasteiger partial charge >= 0.3 is 0 Å². The summed E-state index contributed by atoms with van der Waals surface area (Å²) in [5.74, 6) is 0.562. The molecule has 1 fully saturated rings. The lowest BCUT2D eigenvalue weighted by molar-refractivity contribution is 0.0636. The third kappa shape index (κ3) is 1.67. The maximum atomic E-state index is 9.72. The Balaban J connectivity index is 1.86. The Kier molecular flexibility index (Phi) is 2.42. The Bertz CT molecular complexity index is 231. The predicted octanol–water partition coefficient (Wildman–Crippen LogP) is 1.85. The van der Waals surface area contributed by atoms with Crippen molar-refractivity contribution in [2.24, 2.45) is 5.92 Å². The number of aromatic nitrogens is 1. The van der Waals surface area contributed by atoms with Gasteiger partial charge in [-0.25, -0.2) is 0 Å². The van der Waals surface area contributed by atoms with Gasteiger partial charge in [0, 0.05) is 17.5 Å². The fourth-order valence-electron chi connectivity index (χ4n) is 1.54. The van der Waals surface area contributed by atoms with Crippen molar-refractivity contribution in [1.29, 1.82) is 0 Å². The minimum absolute atomic E-state index is 0.126. The molecule has 1 N–H and O–H groups in total. The molecule has 0 spiro atoms. The molecule has 1 aliphatic rings. The van der Waals surface area contributed by atoms with E-state index in [-0.39, 0.29) is 6.10 Å². The van der Waals surface area contributed by atoms with Gasteiger partial charge in [-0.15, -0.1) is 11.3 Å². The first kappa shape index (κ1) is 8.20. The smallest absolute Gasteiger partial charge is 0.0794 e. The van der Waals surface area contributed by atoms with E-state index in [2.05, 4.69) is 4.98 Å². The molecule has 66 valence electrons. The molecule has 0 amide bonds. The molecule has 1 heterocycles. The van der Waals surface area contributed by atoms with Crippen LogP contribution in [0.1, 0.15) is 24.1 Å². The maximum Gasteiger partial charge on any atom is 0.0794 e. The molecule has 12 heavy (non-hydrogen) atoms. The third-order valence-corrected chi connectivity index (χ3v) is 3.39. The molecule has 1 aliphatic carbocycles. The largest absolute Gasteiger partial charge is 0.392 e. The molecule has 1 aromatic rings. The normalized spacial score (nSPS) is 20.4. The van der Waals surface area contributed by atoms with E-state index in [0.29, 0.717) is 5.92 Å². The number of thiazole rings is 1. The van der Waals surface area contributed by atoms with Gasteiger partial charge in [0.05, 0.1) is 11.6 Å². The minimum Gasteiger partial charge on any atom is -0.392 e. The Morgan fingerprint density at radius 2 is 2.50 bits per heavy atom. The highest BCUT2D eigenvalue weighted by Gasteiger charge is 2.25. The Morgan fingerprint density at radius 3 is 3.00 bits per heavy atom. The van der Waals surface area contributed by atoms with Gasteiger partial charge < -0.3 is 5.11 Å². The average molecular weight is 183 g/mol. The van der Waals surface area contributed by atoms with Crippen LogP contribution in [0.5, 0.6) is 0 Å². The molecule has 2 rings (SSSR count). The topological polar surface area (TPSA) is 33.1 Å². The molecule has 0 radical (unpaired) electrons. The molecule has 3 heteroatoms. The molecule has 1 unspecified atom stereocenters. The lowest BCUT2D eigenvalue weighted by Gasteiger charge is -2.29. The summed E-state index contributed by atoms with van der Waals surface area (Å²) in [5.41, 5.74) is 1.82. The summed E-state index contributed by atoms with van der Waals surface area (Å²) >= 11 is 1.63. The number of hydrogen-bond donors (Lipinski definition) is 1. The van der Waals surface area contributed by atoms with E-state index in [9.17, 15) is 5.11 Å². The lowest BCUT2D eigenvalue weighted by Crippen LogP contribution is -2.28. The highest BCUT2D eigenvalue weighted by atomic mass is 32.1. The van der Waals surface area contributed by atoms with Gasteiger partial charge in [0.1, 0.15) is 0 Å². The number of nitrogens with zero attached hydrogens (tertiary/aromatic N) is 1. The fourth-order valence-corrected chi connectivity index (χ4v) is 2.19. The second-order valence-electron chi connectivity index (χ2n) is 3.43. The van der Waals surface area contributed by atoms with E-state index in [1.54, 1.807) is 11.3 Å². The second-order valence-corrected chi connectivity index (χ2v) is 4.40. The molecular formula is C9H13NOS. The van der Waals surface area contributed by atoms with Crippen LogP contribution < -0.4 is 0 Å².